The molecule has 1 atom stereocenters. The van der Waals surface area contributed by atoms with Gasteiger partial charge in [-0.05, 0) is 37.3 Å². The standard InChI is InChI=1S/C20H25N5O/c1-14-6-5-10-25(12-14)20-16-8-11-24(15(2)26)13-18(16)22-19(23-20)17-7-3-4-9-21-17/h3-4,7,9,14H,5-6,8,10-13H2,1-2H3. The Morgan fingerprint density at radius 2 is 2.12 bits per heavy atom. The maximum atomic E-state index is 11.9. The largest absolute Gasteiger partial charge is 0.356 e. The van der Waals surface area contributed by atoms with Crippen LogP contribution in [0.3, 0.4) is 0 Å². The minimum absolute atomic E-state index is 0.0989. The van der Waals surface area contributed by atoms with Crippen LogP contribution in [0, 0.1) is 5.92 Å². The number of nitrogens with zero attached hydrogens (tertiary/aromatic N) is 5. The van der Waals surface area contributed by atoms with Gasteiger partial charge in [0.25, 0.3) is 0 Å². The molecule has 4 rings (SSSR count). The number of anilines is 1. The van der Waals surface area contributed by atoms with Crippen LogP contribution in [0.1, 0.15) is 37.9 Å². The zero-order chi connectivity index (χ0) is 18.1. The first kappa shape index (κ1) is 16.9. The van der Waals surface area contributed by atoms with Crippen molar-refractivity contribution in [2.45, 2.75) is 39.7 Å². The van der Waals surface area contributed by atoms with Crippen molar-refractivity contribution in [2.24, 2.45) is 5.92 Å². The molecule has 0 aliphatic carbocycles. The number of piperidine rings is 1. The third-order valence-electron chi connectivity index (χ3n) is 5.34. The van der Waals surface area contributed by atoms with E-state index < -0.39 is 0 Å². The fourth-order valence-electron chi connectivity index (χ4n) is 3.93. The van der Waals surface area contributed by atoms with Gasteiger partial charge in [-0.1, -0.05) is 13.0 Å². The van der Waals surface area contributed by atoms with Gasteiger partial charge in [-0.15, -0.1) is 0 Å². The Kier molecular flexibility index (Phi) is 4.57. The van der Waals surface area contributed by atoms with Gasteiger partial charge < -0.3 is 9.80 Å². The van der Waals surface area contributed by atoms with Gasteiger partial charge in [-0.25, -0.2) is 9.97 Å². The van der Waals surface area contributed by atoms with E-state index in [1.165, 1.54) is 18.4 Å². The van der Waals surface area contributed by atoms with Crippen LogP contribution in [0.5, 0.6) is 0 Å². The van der Waals surface area contributed by atoms with E-state index in [-0.39, 0.29) is 5.91 Å². The summed E-state index contributed by atoms with van der Waals surface area (Å²) < 4.78 is 0. The Labute approximate surface area is 154 Å². The van der Waals surface area contributed by atoms with Crippen LogP contribution >= 0.6 is 0 Å². The number of pyridine rings is 1. The number of carbonyl (C=O) groups excluding carboxylic acids is 1. The summed E-state index contributed by atoms with van der Waals surface area (Å²) in [6.07, 6.45) is 5.05. The molecular formula is C20H25N5O. The zero-order valence-electron chi connectivity index (χ0n) is 15.5. The molecule has 136 valence electrons. The molecule has 1 saturated heterocycles. The Hall–Kier alpha value is -2.50. The summed E-state index contributed by atoms with van der Waals surface area (Å²) in [6, 6.07) is 5.79. The van der Waals surface area contributed by atoms with Crippen LogP contribution in [0.2, 0.25) is 0 Å². The Balaban J connectivity index is 1.79. The lowest BCUT2D eigenvalue weighted by atomic mass is 9.98. The number of hydrogen-bond donors (Lipinski definition) is 0. The molecule has 26 heavy (non-hydrogen) atoms. The van der Waals surface area contributed by atoms with Crippen molar-refractivity contribution in [3.8, 4) is 11.5 Å². The number of amides is 1. The number of aromatic nitrogens is 3. The SMILES string of the molecule is CC(=O)N1CCc2c(nc(-c3ccccn3)nc2N2CCCC(C)C2)C1. The Morgan fingerprint density at radius 3 is 2.85 bits per heavy atom. The Morgan fingerprint density at radius 1 is 1.23 bits per heavy atom. The van der Waals surface area contributed by atoms with Gasteiger partial charge >= 0.3 is 0 Å². The van der Waals surface area contributed by atoms with Crippen LogP contribution < -0.4 is 4.90 Å². The highest BCUT2D eigenvalue weighted by atomic mass is 16.2. The normalized spacial score (nSPS) is 20.0. The van der Waals surface area contributed by atoms with Gasteiger partial charge in [-0.2, -0.15) is 0 Å². The predicted octanol–water partition coefficient (Wildman–Crippen LogP) is 2.68. The maximum Gasteiger partial charge on any atom is 0.219 e. The summed E-state index contributed by atoms with van der Waals surface area (Å²) in [7, 11) is 0. The smallest absolute Gasteiger partial charge is 0.219 e. The van der Waals surface area contributed by atoms with Crippen LogP contribution in [0.4, 0.5) is 5.82 Å². The molecule has 0 spiro atoms. The first-order chi connectivity index (χ1) is 12.6. The van der Waals surface area contributed by atoms with Gasteiger partial charge in [0, 0.05) is 38.3 Å². The van der Waals surface area contributed by atoms with Crippen molar-refractivity contribution in [1.29, 1.82) is 0 Å². The minimum Gasteiger partial charge on any atom is -0.356 e. The second kappa shape index (κ2) is 7.02. The van der Waals surface area contributed by atoms with Gasteiger partial charge in [0.1, 0.15) is 11.5 Å². The van der Waals surface area contributed by atoms with Crippen LogP contribution in [-0.2, 0) is 17.8 Å². The topological polar surface area (TPSA) is 62.2 Å². The van der Waals surface area contributed by atoms with Crippen LogP contribution in [0.25, 0.3) is 11.5 Å². The predicted molar refractivity (Wildman–Crippen MR) is 101 cm³/mol. The second-order valence-electron chi connectivity index (χ2n) is 7.40. The average molecular weight is 351 g/mol. The van der Waals surface area contributed by atoms with E-state index in [9.17, 15) is 4.79 Å². The van der Waals surface area contributed by atoms with Crippen molar-refractivity contribution in [1.82, 2.24) is 19.9 Å². The molecule has 2 aromatic rings. The van der Waals surface area contributed by atoms with Crippen LogP contribution in [0.15, 0.2) is 24.4 Å². The monoisotopic (exact) mass is 351 g/mol. The van der Waals surface area contributed by atoms with E-state index in [0.29, 0.717) is 18.3 Å². The molecule has 2 aliphatic rings. The number of fused-ring (bicyclic) bond motifs is 1. The molecule has 6 nitrogen and oxygen atoms in total. The molecule has 0 N–H and O–H groups in total. The van der Waals surface area contributed by atoms with Gasteiger partial charge in [0.15, 0.2) is 5.82 Å². The summed E-state index contributed by atoms with van der Waals surface area (Å²) in [6.45, 7) is 7.29. The molecule has 1 fully saturated rings. The summed E-state index contributed by atoms with van der Waals surface area (Å²) in [5, 5.41) is 0. The van der Waals surface area contributed by atoms with Gasteiger partial charge in [-0.3, -0.25) is 9.78 Å². The summed E-state index contributed by atoms with van der Waals surface area (Å²) >= 11 is 0. The number of hydrogen-bond acceptors (Lipinski definition) is 5. The summed E-state index contributed by atoms with van der Waals surface area (Å²) in [5.41, 5.74) is 2.95. The zero-order valence-corrected chi connectivity index (χ0v) is 15.5. The second-order valence-corrected chi connectivity index (χ2v) is 7.40. The van der Waals surface area contributed by atoms with E-state index >= 15 is 0 Å². The average Bonchev–Trinajstić information content (AvgIpc) is 2.67. The quantitative estimate of drug-likeness (QED) is 0.832. The molecule has 1 unspecified atom stereocenters. The van der Waals surface area contributed by atoms with E-state index in [0.717, 1.165) is 43.3 Å². The lowest BCUT2D eigenvalue weighted by Crippen LogP contribution is -2.39. The van der Waals surface area contributed by atoms with Gasteiger partial charge in [0.05, 0.1) is 12.2 Å². The van der Waals surface area contributed by atoms with Crippen molar-refractivity contribution in [3.63, 3.8) is 0 Å². The molecule has 2 aromatic heterocycles. The molecule has 1 amide bonds. The molecule has 4 heterocycles. The number of carbonyl (C=O) groups is 1. The Bertz CT molecular complexity index is 807. The van der Waals surface area contributed by atoms with Crippen LogP contribution in [-0.4, -0.2) is 45.4 Å². The van der Waals surface area contributed by atoms with E-state index in [4.69, 9.17) is 9.97 Å². The van der Waals surface area contributed by atoms with Gasteiger partial charge in [0.2, 0.25) is 5.91 Å². The summed E-state index contributed by atoms with van der Waals surface area (Å²) in [5.74, 6) is 2.47. The molecule has 0 aromatic carbocycles. The summed E-state index contributed by atoms with van der Waals surface area (Å²) in [4.78, 5) is 30.3. The highest BCUT2D eigenvalue weighted by Gasteiger charge is 2.28. The third kappa shape index (κ3) is 3.28. The molecule has 2 aliphatic heterocycles. The fraction of sp³-hybridized carbons (Fsp3) is 0.500. The van der Waals surface area contributed by atoms with Crippen molar-refractivity contribution in [2.75, 3.05) is 24.5 Å². The molecular weight excluding hydrogens is 326 g/mol. The van der Waals surface area contributed by atoms with E-state index in [2.05, 4.69) is 16.8 Å². The number of rotatable bonds is 2. The van der Waals surface area contributed by atoms with Crippen molar-refractivity contribution in [3.05, 3.63) is 35.7 Å². The molecule has 0 saturated carbocycles. The lowest BCUT2D eigenvalue weighted by Gasteiger charge is -2.36. The molecule has 6 heteroatoms. The van der Waals surface area contributed by atoms with Crippen molar-refractivity contribution < 1.29 is 4.79 Å². The fourth-order valence-corrected chi connectivity index (χ4v) is 3.93. The third-order valence-corrected chi connectivity index (χ3v) is 5.34. The van der Waals surface area contributed by atoms with E-state index in [1.807, 2.05) is 23.1 Å². The minimum atomic E-state index is 0.0989. The van der Waals surface area contributed by atoms with Crippen molar-refractivity contribution >= 4 is 11.7 Å². The molecule has 0 radical (unpaired) electrons. The highest BCUT2D eigenvalue weighted by molar-refractivity contribution is 5.74. The lowest BCUT2D eigenvalue weighted by molar-refractivity contribution is -0.129. The first-order valence-corrected chi connectivity index (χ1v) is 9.43. The highest BCUT2D eigenvalue weighted by Crippen LogP contribution is 2.31. The first-order valence-electron chi connectivity index (χ1n) is 9.43. The van der Waals surface area contributed by atoms with E-state index in [1.54, 1.807) is 13.1 Å². The molecule has 0 bridgehead atoms. The maximum absolute atomic E-state index is 11.9.